The summed E-state index contributed by atoms with van der Waals surface area (Å²) in [5.41, 5.74) is 1.70. The first-order valence-electron chi connectivity index (χ1n) is 5.80. The summed E-state index contributed by atoms with van der Waals surface area (Å²) in [6, 6.07) is 7.67. The van der Waals surface area contributed by atoms with Crippen molar-refractivity contribution in [3.63, 3.8) is 0 Å². The summed E-state index contributed by atoms with van der Waals surface area (Å²) < 4.78 is 13.9. The second kappa shape index (κ2) is 5.80. The van der Waals surface area contributed by atoms with Gasteiger partial charge in [0, 0.05) is 16.7 Å². The van der Waals surface area contributed by atoms with E-state index in [1.807, 2.05) is 0 Å². The van der Waals surface area contributed by atoms with Crippen LogP contribution in [0.1, 0.15) is 21.6 Å². The van der Waals surface area contributed by atoms with Crippen LogP contribution in [0.2, 0.25) is 0 Å². The number of aldehydes is 1. The molecule has 0 spiro atoms. The van der Waals surface area contributed by atoms with Crippen molar-refractivity contribution in [2.75, 3.05) is 0 Å². The van der Waals surface area contributed by atoms with Crippen molar-refractivity contribution in [2.45, 2.75) is 0 Å². The molecule has 0 atom stereocenters. The minimum Gasteiger partial charge on any atom is -0.298 e. The molecule has 0 aliphatic rings. The Morgan fingerprint density at radius 3 is 2.55 bits per heavy atom. The first-order chi connectivity index (χ1) is 9.58. The van der Waals surface area contributed by atoms with E-state index in [0.717, 1.165) is 0 Å². The largest absolute Gasteiger partial charge is 0.298 e. The zero-order valence-corrected chi connectivity index (χ0v) is 11.3. The van der Waals surface area contributed by atoms with E-state index in [1.54, 1.807) is 24.3 Å². The summed E-state index contributed by atoms with van der Waals surface area (Å²) in [7, 11) is 0. The molecule has 100 valence electrons. The van der Waals surface area contributed by atoms with Gasteiger partial charge in [-0.15, -0.1) is 0 Å². The summed E-state index contributed by atoms with van der Waals surface area (Å²) in [4.78, 5) is 15.5. The Balaban J connectivity index is 2.78. The summed E-state index contributed by atoms with van der Waals surface area (Å²) in [6.45, 7) is 7.26. The van der Waals surface area contributed by atoms with Gasteiger partial charge in [-0.1, -0.05) is 43.0 Å². The predicted molar refractivity (Wildman–Crippen MR) is 80.0 cm³/mol. The van der Waals surface area contributed by atoms with Gasteiger partial charge in [0.2, 0.25) is 0 Å². The lowest BCUT2D eigenvalue weighted by atomic mass is 10.0. The van der Waals surface area contributed by atoms with Crippen LogP contribution in [0.4, 0.5) is 4.39 Å². The van der Waals surface area contributed by atoms with Gasteiger partial charge in [0.15, 0.2) is 6.29 Å². The van der Waals surface area contributed by atoms with Crippen LogP contribution in [0.25, 0.3) is 22.4 Å². The van der Waals surface area contributed by atoms with Crippen LogP contribution in [0.3, 0.4) is 0 Å². The third-order valence-corrected chi connectivity index (χ3v) is 2.99. The SMILES string of the molecule is C=Cc1cc(C=O)c(-c2ccccc2F)nc1C(=C)Cl. The molecule has 2 nitrogen and oxygen atoms in total. The third-order valence-electron chi connectivity index (χ3n) is 2.81. The number of aromatic nitrogens is 1. The van der Waals surface area contributed by atoms with Crippen LogP contribution in [0, 0.1) is 5.82 Å². The highest BCUT2D eigenvalue weighted by Crippen LogP contribution is 2.29. The number of hydrogen-bond acceptors (Lipinski definition) is 2. The Morgan fingerprint density at radius 2 is 2.00 bits per heavy atom. The molecule has 0 aliphatic carbocycles. The number of carbonyl (C=O) groups excluding carboxylic acids is 1. The van der Waals surface area contributed by atoms with Crippen LogP contribution in [-0.4, -0.2) is 11.3 Å². The highest BCUT2D eigenvalue weighted by Gasteiger charge is 2.15. The molecule has 0 radical (unpaired) electrons. The maximum absolute atomic E-state index is 13.9. The molecule has 2 rings (SSSR count). The molecule has 0 N–H and O–H groups in total. The number of pyridine rings is 1. The monoisotopic (exact) mass is 287 g/mol. The fraction of sp³-hybridized carbons (Fsp3) is 0. The van der Waals surface area contributed by atoms with Crippen LogP contribution < -0.4 is 0 Å². The molecule has 4 heteroatoms. The summed E-state index contributed by atoms with van der Waals surface area (Å²) in [6.07, 6.45) is 2.15. The zero-order valence-electron chi connectivity index (χ0n) is 10.6. The Morgan fingerprint density at radius 1 is 1.30 bits per heavy atom. The van der Waals surface area contributed by atoms with Crippen LogP contribution in [0.15, 0.2) is 43.5 Å². The van der Waals surface area contributed by atoms with Gasteiger partial charge >= 0.3 is 0 Å². The number of carbonyl (C=O) groups is 1. The van der Waals surface area contributed by atoms with E-state index in [1.165, 1.54) is 12.1 Å². The molecule has 0 unspecified atom stereocenters. The molecular formula is C16H11ClFNO. The number of nitrogens with zero attached hydrogens (tertiary/aromatic N) is 1. The quantitative estimate of drug-likeness (QED) is 0.772. The Labute approximate surface area is 121 Å². The summed E-state index contributed by atoms with van der Waals surface area (Å²) in [5.74, 6) is -0.458. The Kier molecular flexibility index (Phi) is 4.11. The summed E-state index contributed by atoms with van der Waals surface area (Å²) >= 11 is 5.90. The van der Waals surface area contributed by atoms with Crippen molar-refractivity contribution >= 4 is 29.0 Å². The molecule has 1 aromatic heterocycles. The fourth-order valence-electron chi connectivity index (χ4n) is 1.88. The molecule has 0 saturated carbocycles. The van der Waals surface area contributed by atoms with E-state index in [0.29, 0.717) is 17.5 Å². The molecule has 0 fully saturated rings. The van der Waals surface area contributed by atoms with Gasteiger partial charge in [0.25, 0.3) is 0 Å². The van der Waals surface area contributed by atoms with Crippen molar-refractivity contribution < 1.29 is 9.18 Å². The molecule has 20 heavy (non-hydrogen) atoms. The van der Waals surface area contributed by atoms with E-state index in [9.17, 15) is 9.18 Å². The number of benzene rings is 1. The minimum absolute atomic E-state index is 0.204. The second-order valence-electron chi connectivity index (χ2n) is 4.07. The third kappa shape index (κ3) is 2.53. The van der Waals surface area contributed by atoms with E-state index < -0.39 is 5.82 Å². The van der Waals surface area contributed by atoms with Gasteiger partial charge in [-0.25, -0.2) is 9.37 Å². The average molecular weight is 288 g/mol. The number of rotatable bonds is 4. The molecule has 1 heterocycles. The second-order valence-corrected chi connectivity index (χ2v) is 4.53. The molecule has 0 amide bonds. The summed E-state index contributed by atoms with van der Waals surface area (Å²) in [5, 5.41) is 0.204. The first kappa shape index (κ1) is 14.2. The highest BCUT2D eigenvalue weighted by atomic mass is 35.5. The van der Waals surface area contributed by atoms with Crippen LogP contribution in [-0.2, 0) is 0 Å². The molecule has 0 aliphatic heterocycles. The van der Waals surface area contributed by atoms with Crippen molar-refractivity contribution in [1.29, 1.82) is 0 Å². The average Bonchev–Trinajstić information content (AvgIpc) is 2.46. The topological polar surface area (TPSA) is 30.0 Å². The lowest BCUT2D eigenvalue weighted by Crippen LogP contribution is -2.00. The highest BCUT2D eigenvalue weighted by molar-refractivity contribution is 6.48. The van der Waals surface area contributed by atoms with Gasteiger partial charge < -0.3 is 0 Å². The van der Waals surface area contributed by atoms with Crippen LogP contribution in [0.5, 0.6) is 0 Å². The molecular weight excluding hydrogens is 277 g/mol. The maximum Gasteiger partial charge on any atom is 0.152 e. The van der Waals surface area contributed by atoms with Crippen molar-refractivity contribution in [3.05, 3.63) is 66.1 Å². The lowest BCUT2D eigenvalue weighted by Gasteiger charge is -2.10. The lowest BCUT2D eigenvalue weighted by molar-refractivity contribution is 0.112. The van der Waals surface area contributed by atoms with Gasteiger partial charge in [-0.2, -0.15) is 0 Å². The fourth-order valence-corrected chi connectivity index (χ4v) is 2.03. The van der Waals surface area contributed by atoms with Crippen LogP contribution >= 0.6 is 11.6 Å². The van der Waals surface area contributed by atoms with E-state index in [2.05, 4.69) is 18.1 Å². The first-order valence-corrected chi connectivity index (χ1v) is 6.18. The molecule has 2 aromatic rings. The van der Waals surface area contributed by atoms with Gasteiger partial charge in [-0.3, -0.25) is 4.79 Å². The number of halogens is 2. The van der Waals surface area contributed by atoms with E-state index in [-0.39, 0.29) is 21.9 Å². The predicted octanol–water partition coefficient (Wildman–Crippen LogP) is 4.55. The van der Waals surface area contributed by atoms with Crippen molar-refractivity contribution in [1.82, 2.24) is 4.98 Å². The van der Waals surface area contributed by atoms with Crippen molar-refractivity contribution in [3.8, 4) is 11.3 Å². The zero-order chi connectivity index (χ0) is 14.7. The Bertz CT molecular complexity index is 710. The molecule has 0 saturated heterocycles. The Hall–Kier alpha value is -2.26. The van der Waals surface area contributed by atoms with Gasteiger partial charge in [0.1, 0.15) is 5.82 Å². The van der Waals surface area contributed by atoms with Gasteiger partial charge in [0.05, 0.1) is 16.4 Å². The smallest absolute Gasteiger partial charge is 0.152 e. The van der Waals surface area contributed by atoms with Crippen molar-refractivity contribution in [2.24, 2.45) is 0 Å². The van der Waals surface area contributed by atoms with Gasteiger partial charge in [-0.05, 0) is 18.2 Å². The van der Waals surface area contributed by atoms with E-state index in [4.69, 9.17) is 11.6 Å². The van der Waals surface area contributed by atoms with E-state index >= 15 is 0 Å². The normalized spacial score (nSPS) is 10.1. The maximum atomic E-state index is 13.9. The standard InChI is InChI=1S/C16H11ClFNO/c1-3-11-8-12(9-20)16(19-15(11)10(2)17)13-6-4-5-7-14(13)18/h3-9H,1-2H2. The minimum atomic E-state index is -0.458. The number of hydrogen-bond donors (Lipinski definition) is 0. The molecule has 1 aromatic carbocycles. The molecule has 0 bridgehead atoms.